The molecule has 1 aliphatic heterocycles. The summed E-state index contributed by atoms with van der Waals surface area (Å²) in [6, 6.07) is 8.71. The van der Waals surface area contributed by atoms with Crippen molar-refractivity contribution in [3.63, 3.8) is 0 Å². The number of nitrogens with zero attached hydrogens (tertiary/aromatic N) is 5. The van der Waals surface area contributed by atoms with E-state index in [9.17, 15) is 9.59 Å². The Morgan fingerprint density at radius 1 is 1.22 bits per heavy atom. The van der Waals surface area contributed by atoms with E-state index in [0.717, 1.165) is 40.8 Å². The molecule has 1 saturated carbocycles. The van der Waals surface area contributed by atoms with Crippen LogP contribution in [0.25, 0.3) is 10.9 Å². The van der Waals surface area contributed by atoms with E-state index < -0.39 is 0 Å². The third kappa shape index (κ3) is 4.07. The molecule has 4 heterocycles. The summed E-state index contributed by atoms with van der Waals surface area (Å²) in [4.78, 5) is 35.4. The third-order valence-electron chi connectivity index (χ3n) is 6.68. The topological polar surface area (TPSA) is 141 Å². The molecule has 0 spiro atoms. The van der Waals surface area contributed by atoms with Gasteiger partial charge in [-0.3, -0.25) is 14.7 Å². The maximum absolute atomic E-state index is 12.8. The van der Waals surface area contributed by atoms with Crippen LogP contribution in [0.15, 0.2) is 47.4 Å². The van der Waals surface area contributed by atoms with Crippen LogP contribution in [-0.4, -0.2) is 49.1 Å². The number of fused-ring (bicyclic) bond motifs is 2. The van der Waals surface area contributed by atoms with Crippen LogP contribution in [0.4, 0.5) is 10.6 Å². The fourth-order valence-electron chi connectivity index (χ4n) is 4.58. The van der Waals surface area contributed by atoms with Crippen molar-refractivity contribution in [3.8, 4) is 11.6 Å². The van der Waals surface area contributed by atoms with E-state index in [1.54, 1.807) is 23.2 Å². The van der Waals surface area contributed by atoms with Crippen LogP contribution in [0.1, 0.15) is 42.7 Å². The van der Waals surface area contributed by atoms with Gasteiger partial charge in [0.1, 0.15) is 17.8 Å². The van der Waals surface area contributed by atoms with Gasteiger partial charge in [0.15, 0.2) is 5.82 Å². The van der Waals surface area contributed by atoms with E-state index in [-0.39, 0.29) is 24.5 Å². The average Bonchev–Trinajstić information content (AvgIpc) is 3.48. The quantitative estimate of drug-likeness (QED) is 0.436. The van der Waals surface area contributed by atoms with Crippen LogP contribution < -0.4 is 15.8 Å². The highest BCUT2D eigenvalue weighted by atomic mass is 16.5. The highest BCUT2D eigenvalue weighted by Gasteiger charge is 2.30. The molecule has 184 valence electrons. The van der Waals surface area contributed by atoms with Gasteiger partial charge in [-0.2, -0.15) is 0 Å². The van der Waals surface area contributed by atoms with Crippen LogP contribution in [-0.2, 0) is 17.8 Å². The number of hydrogen-bond acceptors (Lipinski definition) is 8. The average molecular weight is 488 g/mol. The van der Waals surface area contributed by atoms with Gasteiger partial charge in [-0.1, -0.05) is 5.16 Å². The highest BCUT2D eigenvalue weighted by Crippen LogP contribution is 2.40. The summed E-state index contributed by atoms with van der Waals surface area (Å²) >= 11 is 0. The second-order valence-corrected chi connectivity index (χ2v) is 9.21. The summed E-state index contributed by atoms with van der Waals surface area (Å²) in [5.41, 5.74) is 7.90. The number of ether oxygens (including phenoxy) is 1. The first kappa shape index (κ1) is 22.2. The largest absolute Gasteiger partial charge is 0.439 e. The van der Waals surface area contributed by atoms with Crippen molar-refractivity contribution < 1.29 is 18.8 Å². The van der Waals surface area contributed by atoms with Crippen LogP contribution in [0.5, 0.6) is 11.6 Å². The zero-order valence-corrected chi connectivity index (χ0v) is 19.7. The van der Waals surface area contributed by atoms with Crippen molar-refractivity contribution in [3.05, 3.63) is 59.9 Å². The highest BCUT2D eigenvalue weighted by molar-refractivity contribution is 5.98. The lowest BCUT2D eigenvalue weighted by Crippen LogP contribution is -2.45. The van der Waals surface area contributed by atoms with E-state index >= 15 is 0 Å². The third-order valence-corrected chi connectivity index (χ3v) is 6.68. The summed E-state index contributed by atoms with van der Waals surface area (Å²) in [7, 11) is 0. The maximum atomic E-state index is 12.8. The van der Waals surface area contributed by atoms with Crippen molar-refractivity contribution in [2.24, 2.45) is 5.73 Å². The van der Waals surface area contributed by atoms with Gasteiger partial charge in [-0.25, -0.2) is 14.8 Å². The number of anilines is 1. The van der Waals surface area contributed by atoms with Gasteiger partial charge >= 0.3 is 6.03 Å². The lowest BCUT2D eigenvalue weighted by Gasteiger charge is -2.34. The molecule has 2 aliphatic rings. The van der Waals surface area contributed by atoms with Crippen LogP contribution in [0.3, 0.4) is 0 Å². The Morgan fingerprint density at radius 2 is 2.08 bits per heavy atom. The van der Waals surface area contributed by atoms with E-state index in [1.807, 2.05) is 25.1 Å². The lowest BCUT2D eigenvalue weighted by atomic mass is 9.99. The second kappa shape index (κ2) is 8.76. The first-order chi connectivity index (χ1) is 17.5. The molecule has 11 heteroatoms. The molecule has 1 aliphatic carbocycles. The standard InChI is InChI=1S/C25H25N7O4/c1-14-8-18-19(12-32(14)23(33)11-26)27-13-28-24(18)35-17-4-5-20-16(9-17)6-7-31(20)25(34)29-22-10-21(36-30-22)15-2-3-15/h4-7,9-10,13-15H,2-3,8,11-12,26H2,1H3,(H,29,30,34). The molecule has 1 atom stereocenters. The minimum Gasteiger partial charge on any atom is -0.439 e. The first-order valence-corrected chi connectivity index (χ1v) is 11.9. The number of rotatable bonds is 5. The molecule has 11 nitrogen and oxygen atoms in total. The van der Waals surface area contributed by atoms with Gasteiger partial charge < -0.3 is 19.9 Å². The van der Waals surface area contributed by atoms with Gasteiger partial charge in [0, 0.05) is 35.2 Å². The fourth-order valence-corrected chi connectivity index (χ4v) is 4.58. The SMILES string of the molecule is CC1Cc2c(ncnc2Oc2ccc3c(ccn3C(=O)Nc3cc(C4CC4)on3)c2)CN1C(=O)CN. The zero-order chi connectivity index (χ0) is 24.8. The summed E-state index contributed by atoms with van der Waals surface area (Å²) < 4.78 is 13.0. The minimum atomic E-state index is -0.329. The molecule has 3 aromatic heterocycles. The van der Waals surface area contributed by atoms with Crippen molar-refractivity contribution in [2.45, 2.75) is 44.7 Å². The van der Waals surface area contributed by atoms with Crippen LogP contribution in [0, 0.1) is 0 Å². The number of carbonyl (C=O) groups is 2. The number of carbonyl (C=O) groups excluding carboxylic acids is 2. The number of nitrogens with one attached hydrogen (secondary N) is 1. The monoisotopic (exact) mass is 487 g/mol. The summed E-state index contributed by atoms with van der Waals surface area (Å²) in [5.74, 6) is 2.56. The number of aromatic nitrogens is 4. The molecule has 2 amide bonds. The zero-order valence-electron chi connectivity index (χ0n) is 19.7. The summed E-state index contributed by atoms with van der Waals surface area (Å²) in [6.07, 6.45) is 5.90. The molecule has 1 unspecified atom stereocenters. The Balaban J connectivity index is 1.21. The fraction of sp³-hybridized carbons (Fsp3) is 0.320. The molecule has 4 aromatic rings. The first-order valence-electron chi connectivity index (χ1n) is 11.9. The van der Waals surface area contributed by atoms with Crippen LogP contribution >= 0.6 is 0 Å². The number of benzene rings is 1. The lowest BCUT2D eigenvalue weighted by molar-refractivity contribution is -0.132. The summed E-state index contributed by atoms with van der Waals surface area (Å²) in [6.45, 7) is 2.31. The van der Waals surface area contributed by atoms with Crippen molar-refractivity contribution in [1.82, 2.24) is 24.6 Å². The molecule has 1 aromatic carbocycles. The van der Waals surface area contributed by atoms with Gasteiger partial charge in [-0.05, 0) is 50.5 Å². The Hall–Kier alpha value is -4.25. The Bertz CT molecular complexity index is 1470. The molecule has 0 radical (unpaired) electrons. The predicted octanol–water partition coefficient (Wildman–Crippen LogP) is 3.40. The summed E-state index contributed by atoms with van der Waals surface area (Å²) in [5, 5.41) is 7.56. The Morgan fingerprint density at radius 3 is 2.89 bits per heavy atom. The van der Waals surface area contributed by atoms with E-state index in [4.69, 9.17) is 15.0 Å². The molecule has 1 fully saturated rings. The van der Waals surface area contributed by atoms with Crippen molar-refractivity contribution >= 4 is 28.7 Å². The normalized spacial score (nSPS) is 17.2. The Kier molecular flexibility index (Phi) is 5.41. The number of hydrogen-bond donors (Lipinski definition) is 2. The number of amides is 2. The molecular weight excluding hydrogens is 462 g/mol. The Labute approximate surface area is 206 Å². The molecule has 36 heavy (non-hydrogen) atoms. The maximum Gasteiger partial charge on any atom is 0.331 e. The number of nitrogens with two attached hydrogens (primary N) is 1. The van der Waals surface area contributed by atoms with Gasteiger partial charge in [0.2, 0.25) is 11.8 Å². The minimum absolute atomic E-state index is 0.0358. The molecule has 0 saturated heterocycles. The molecule has 6 rings (SSSR count). The predicted molar refractivity (Wildman–Crippen MR) is 130 cm³/mol. The smallest absolute Gasteiger partial charge is 0.331 e. The van der Waals surface area contributed by atoms with E-state index in [2.05, 4.69) is 20.4 Å². The van der Waals surface area contributed by atoms with E-state index in [1.165, 1.54) is 10.9 Å². The molecular formula is C25H25N7O4. The van der Waals surface area contributed by atoms with Crippen molar-refractivity contribution in [2.75, 3.05) is 11.9 Å². The van der Waals surface area contributed by atoms with Gasteiger partial charge in [0.25, 0.3) is 0 Å². The van der Waals surface area contributed by atoms with Crippen LogP contribution in [0.2, 0.25) is 0 Å². The van der Waals surface area contributed by atoms with Gasteiger partial charge in [0.05, 0.1) is 24.3 Å². The second-order valence-electron chi connectivity index (χ2n) is 9.21. The van der Waals surface area contributed by atoms with Crippen molar-refractivity contribution in [1.29, 1.82) is 0 Å². The molecule has 3 N–H and O–H groups in total. The van der Waals surface area contributed by atoms with Gasteiger partial charge in [-0.15, -0.1) is 0 Å². The molecule has 0 bridgehead atoms. The van der Waals surface area contributed by atoms with E-state index in [0.29, 0.717) is 36.3 Å².